The number of carboxylic acids is 1. The number of para-hydroxylation sites is 1. The van der Waals surface area contributed by atoms with Crippen LogP contribution in [0.15, 0.2) is 29.2 Å². The van der Waals surface area contributed by atoms with Gasteiger partial charge in [-0.05, 0) is 39.8 Å². The summed E-state index contributed by atoms with van der Waals surface area (Å²) in [6.07, 6.45) is 0. The van der Waals surface area contributed by atoms with Gasteiger partial charge in [0.05, 0.1) is 11.1 Å². The number of carboxylic acid groups (broad SMARTS) is 1. The fourth-order valence-electron chi connectivity index (χ4n) is 1.61. The van der Waals surface area contributed by atoms with Crippen LogP contribution in [0.1, 0.15) is 27.7 Å². The molecule has 0 unspecified atom stereocenters. The van der Waals surface area contributed by atoms with Crippen LogP contribution in [0.5, 0.6) is 0 Å². The highest BCUT2D eigenvalue weighted by atomic mass is 32.2. The second-order valence-corrected chi connectivity index (χ2v) is 7.50. The number of carbonyl (C=O) groups is 1. The van der Waals surface area contributed by atoms with Gasteiger partial charge in [-0.2, -0.15) is 0 Å². The van der Waals surface area contributed by atoms with E-state index in [-0.39, 0.29) is 17.5 Å². The molecule has 21 heavy (non-hydrogen) atoms. The van der Waals surface area contributed by atoms with Gasteiger partial charge in [0.15, 0.2) is 0 Å². The summed E-state index contributed by atoms with van der Waals surface area (Å²) in [4.78, 5) is 11.2. The van der Waals surface area contributed by atoms with Crippen molar-refractivity contribution in [3.63, 3.8) is 0 Å². The van der Waals surface area contributed by atoms with Crippen LogP contribution in [0.25, 0.3) is 0 Å². The van der Waals surface area contributed by atoms with Gasteiger partial charge in [0.25, 0.3) is 0 Å². The number of hydrogen-bond donors (Lipinski definition) is 3. The molecule has 1 rings (SSSR count). The molecule has 0 aliphatic heterocycles. The molecule has 0 bridgehead atoms. The first-order valence-corrected chi connectivity index (χ1v) is 8.13. The second-order valence-electron chi connectivity index (χ2n) is 5.81. The lowest BCUT2D eigenvalue weighted by atomic mass is 9.94. The van der Waals surface area contributed by atoms with Crippen molar-refractivity contribution in [2.75, 3.05) is 11.9 Å². The number of anilines is 1. The fraction of sp³-hybridized carbons (Fsp3) is 0.500. The monoisotopic (exact) mass is 314 g/mol. The van der Waals surface area contributed by atoms with E-state index in [0.29, 0.717) is 5.69 Å². The lowest BCUT2D eigenvalue weighted by molar-refractivity contribution is -0.146. The van der Waals surface area contributed by atoms with Gasteiger partial charge in [-0.15, -0.1) is 0 Å². The second kappa shape index (κ2) is 6.44. The Balaban J connectivity index is 3.03. The highest BCUT2D eigenvalue weighted by Gasteiger charge is 2.28. The Morgan fingerprint density at radius 1 is 1.29 bits per heavy atom. The molecule has 0 spiro atoms. The Hall–Kier alpha value is -1.60. The minimum atomic E-state index is -3.64. The summed E-state index contributed by atoms with van der Waals surface area (Å²) >= 11 is 0. The SMILES string of the molecule is CC(C)NS(=O)(=O)c1ccccc1NCC(C)(C)C(=O)O. The van der Waals surface area contributed by atoms with Gasteiger partial charge in [0, 0.05) is 12.6 Å². The zero-order valence-electron chi connectivity index (χ0n) is 12.7. The lowest BCUT2D eigenvalue weighted by Crippen LogP contribution is -2.33. The van der Waals surface area contributed by atoms with Gasteiger partial charge in [-0.25, -0.2) is 13.1 Å². The molecule has 0 heterocycles. The van der Waals surface area contributed by atoms with Crippen LogP contribution in [0.3, 0.4) is 0 Å². The smallest absolute Gasteiger partial charge is 0.310 e. The molecule has 7 heteroatoms. The van der Waals surface area contributed by atoms with Gasteiger partial charge in [0.1, 0.15) is 4.90 Å². The minimum absolute atomic E-state index is 0.111. The maximum atomic E-state index is 12.3. The van der Waals surface area contributed by atoms with E-state index < -0.39 is 21.4 Å². The van der Waals surface area contributed by atoms with Gasteiger partial charge >= 0.3 is 5.97 Å². The molecule has 3 N–H and O–H groups in total. The van der Waals surface area contributed by atoms with E-state index in [1.165, 1.54) is 6.07 Å². The van der Waals surface area contributed by atoms with Crippen LogP contribution in [0.2, 0.25) is 0 Å². The summed E-state index contributed by atoms with van der Waals surface area (Å²) < 4.78 is 27.0. The molecule has 0 aromatic heterocycles. The summed E-state index contributed by atoms with van der Waals surface area (Å²) in [6.45, 7) is 6.75. The van der Waals surface area contributed by atoms with Crippen LogP contribution in [0, 0.1) is 5.41 Å². The molecule has 0 saturated heterocycles. The van der Waals surface area contributed by atoms with Crippen LogP contribution in [-0.4, -0.2) is 32.1 Å². The highest BCUT2D eigenvalue weighted by molar-refractivity contribution is 7.89. The number of rotatable bonds is 7. The molecule has 0 amide bonds. The van der Waals surface area contributed by atoms with E-state index >= 15 is 0 Å². The Morgan fingerprint density at radius 2 is 1.86 bits per heavy atom. The summed E-state index contributed by atoms with van der Waals surface area (Å²) in [5, 5.41) is 12.0. The van der Waals surface area contributed by atoms with E-state index in [1.54, 1.807) is 45.9 Å². The standard InChI is InChI=1S/C14H22N2O4S/c1-10(2)16-21(19,20)12-8-6-5-7-11(12)15-9-14(3,4)13(17)18/h5-8,10,15-16H,9H2,1-4H3,(H,17,18). The molecule has 0 atom stereocenters. The van der Waals surface area contributed by atoms with E-state index in [9.17, 15) is 13.2 Å². The van der Waals surface area contributed by atoms with Crippen molar-refractivity contribution < 1.29 is 18.3 Å². The number of benzene rings is 1. The largest absolute Gasteiger partial charge is 0.481 e. The van der Waals surface area contributed by atoms with E-state index in [1.807, 2.05) is 0 Å². The molecule has 0 aliphatic carbocycles. The minimum Gasteiger partial charge on any atom is -0.481 e. The van der Waals surface area contributed by atoms with Gasteiger partial charge < -0.3 is 10.4 Å². The number of nitrogens with one attached hydrogen (secondary N) is 2. The molecule has 0 radical (unpaired) electrons. The average molecular weight is 314 g/mol. The van der Waals surface area contributed by atoms with Crippen molar-refractivity contribution in [1.82, 2.24) is 4.72 Å². The van der Waals surface area contributed by atoms with Crippen molar-refractivity contribution in [2.24, 2.45) is 5.41 Å². The molecule has 1 aromatic rings. The summed E-state index contributed by atoms with van der Waals surface area (Å²) in [5.74, 6) is -0.948. The maximum Gasteiger partial charge on any atom is 0.310 e. The topological polar surface area (TPSA) is 95.5 Å². The third kappa shape index (κ3) is 4.71. The van der Waals surface area contributed by atoms with Crippen molar-refractivity contribution in [3.05, 3.63) is 24.3 Å². The Kier molecular flexibility index (Phi) is 5.36. The summed E-state index contributed by atoms with van der Waals surface area (Å²) in [6, 6.07) is 6.21. The molecule has 0 saturated carbocycles. The Morgan fingerprint density at radius 3 is 2.38 bits per heavy atom. The van der Waals surface area contributed by atoms with Crippen molar-refractivity contribution in [2.45, 2.75) is 38.6 Å². The first-order valence-electron chi connectivity index (χ1n) is 6.65. The normalized spacial score (nSPS) is 12.4. The maximum absolute atomic E-state index is 12.3. The van der Waals surface area contributed by atoms with Crippen molar-refractivity contribution >= 4 is 21.7 Å². The van der Waals surface area contributed by atoms with Gasteiger partial charge in [-0.3, -0.25) is 4.79 Å². The van der Waals surface area contributed by atoms with E-state index in [2.05, 4.69) is 10.0 Å². The molecule has 118 valence electrons. The molecule has 1 aromatic carbocycles. The predicted octanol–water partition coefficient (Wildman–Crippen LogP) is 1.90. The number of hydrogen-bond acceptors (Lipinski definition) is 4. The first-order chi connectivity index (χ1) is 9.56. The predicted molar refractivity (Wildman–Crippen MR) is 81.8 cm³/mol. The van der Waals surface area contributed by atoms with Crippen molar-refractivity contribution in [1.29, 1.82) is 0 Å². The molecule has 6 nitrogen and oxygen atoms in total. The lowest BCUT2D eigenvalue weighted by Gasteiger charge is -2.21. The molecule has 0 fully saturated rings. The molecular weight excluding hydrogens is 292 g/mol. The van der Waals surface area contributed by atoms with Crippen molar-refractivity contribution in [3.8, 4) is 0 Å². The number of aliphatic carboxylic acids is 1. The highest BCUT2D eigenvalue weighted by Crippen LogP contribution is 2.23. The van der Waals surface area contributed by atoms with Crippen LogP contribution < -0.4 is 10.0 Å². The third-order valence-corrected chi connectivity index (χ3v) is 4.58. The zero-order chi connectivity index (χ0) is 16.3. The summed E-state index contributed by atoms with van der Waals surface area (Å²) in [7, 11) is -3.64. The summed E-state index contributed by atoms with van der Waals surface area (Å²) in [5.41, 5.74) is -0.609. The Bertz CT molecular complexity index is 609. The van der Waals surface area contributed by atoms with Crippen LogP contribution in [-0.2, 0) is 14.8 Å². The first kappa shape index (κ1) is 17.5. The van der Waals surface area contributed by atoms with Crippen LogP contribution in [0.4, 0.5) is 5.69 Å². The van der Waals surface area contributed by atoms with Gasteiger partial charge in [-0.1, -0.05) is 12.1 Å². The van der Waals surface area contributed by atoms with Gasteiger partial charge in [0.2, 0.25) is 10.0 Å². The quantitative estimate of drug-likeness (QED) is 0.714. The molecular formula is C14H22N2O4S. The third-order valence-electron chi connectivity index (χ3n) is 2.87. The van der Waals surface area contributed by atoms with Crippen LogP contribution >= 0.6 is 0 Å². The molecule has 0 aliphatic rings. The van der Waals surface area contributed by atoms with E-state index in [0.717, 1.165) is 0 Å². The fourth-order valence-corrected chi connectivity index (χ4v) is 3.05. The zero-order valence-corrected chi connectivity index (χ0v) is 13.5. The average Bonchev–Trinajstić information content (AvgIpc) is 2.35. The number of sulfonamides is 1. The Labute approximate surface area is 125 Å². The van der Waals surface area contributed by atoms with E-state index in [4.69, 9.17) is 5.11 Å².